The zero-order chi connectivity index (χ0) is 16.8. The summed E-state index contributed by atoms with van der Waals surface area (Å²) >= 11 is 0. The Bertz CT molecular complexity index is 622. The van der Waals surface area contributed by atoms with E-state index in [-0.39, 0.29) is 0 Å². The first kappa shape index (κ1) is 17.8. The van der Waals surface area contributed by atoms with Gasteiger partial charge in [-0.15, -0.1) is 0 Å². The summed E-state index contributed by atoms with van der Waals surface area (Å²) in [6, 6.07) is 13.5. The zero-order valence-electron chi connectivity index (χ0n) is 15.6. The molecule has 0 aliphatic heterocycles. The minimum absolute atomic E-state index is 0.644. The van der Waals surface area contributed by atoms with E-state index in [1.807, 2.05) is 0 Å². The maximum atomic E-state index is 2.51. The maximum Gasteiger partial charge on any atom is -0.0117 e. The summed E-state index contributed by atoms with van der Waals surface area (Å²) in [5.41, 5.74) is 9.12. The lowest BCUT2D eigenvalue weighted by atomic mass is 9.81. The minimum Gasteiger partial charge on any atom is -0.0651 e. The molecule has 0 heterocycles. The van der Waals surface area contributed by atoms with Gasteiger partial charge in [0, 0.05) is 0 Å². The molecule has 0 fully saturated rings. The number of hydrogen-bond donors (Lipinski definition) is 0. The van der Waals surface area contributed by atoms with Crippen molar-refractivity contribution in [2.75, 3.05) is 0 Å². The molecule has 0 spiro atoms. The monoisotopic (exact) mass is 308 g/mol. The van der Waals surface area contributed by atoms with Crippen molar-refractivity contribution in [3.63, 3.8) is 0 Å². The first-order valence-electron chi connectivity index (χ1n) is 9.34. The van der Waals surface area contributed by atoms with Crippen molar-refractivity contribution < 1.29 is 0 Å². The van der Waals surface area contributed by atoms with Gasteiger partial charge in [-0.3, -0.25) is 0 Å². The van der Waals surface area contributed by atoms with Crippen LogP contribution in [0.15, 0.2) is 36.4 Å². The Morgan fingerprint density at radius 1 is 0.913 bits per heavy atom. The zero-order valence-corrected chi connectivity index (χ0v) is 15.6. The van der Waals surface area contributed by atoms with E-state index in [0.29, 0.717) is 5.92 Å². The molecule has 0 aliphatic rings. The van der Waals surface area contributed by atoms with Gasteiger partial charge in [0.1, 0.15) is 0 Å². The molecule has 2 aromatic rings. The van der Waals surface area contributed by atoms with Gasteiger partial charge in [0.25, 0.3) is 0 Å². The van der Waals surface area contributed by atoms with Crippen LogP contribution in [-0.2, 0) is 12.8 Å². The van der Waals surface area contributed by atoms with Crippen LogP contribution in [0.4, 0.5) is 0 Å². The molecule has 0 radical (unpaired) electrons. The molecule has 0 heteroatoms. The van der Waals surface area contributed by atoms with E-state index in [9.17, 15) is 0 Å². The van der Waals surface area contributed by atoms with E-state index in [1.54, 1.807) is 16.7 Å². The van der Waals surface area contributed by atoms with Crippen LogP contribution in [0.1, 0.15) is 75.1 Å². The molecule has 23 heavy (non-hydrogen) atoms. The second-order valence-corrected chi connectivity index (χ2v) is 6.78. The van der Waals surface area contributed by atoms with E-state index >= 15 is 0 Å². The van der Waals surface area contributed by atoms with E-state index in [0.717, 1.165) is 0 Å². The van der Waals surface area contributed by atoms with Crippen LogP contribution in [0.3, 0.4) is 0 Å². The van der Waals surface area contributed by atoms with Crippen molar-refractivity contribution in [2.24, 2.45) is 0 Å². The highest BCUT2D eigenvalue weighted by molar-refractivity contribution is 5.73. The summed E-state index contributed by atoms with van der Waals surface area (Å²) in [6.45, 7) is 11.6. The molecule has 1 atom stereocenters. The fourth-order valence-corrected chi connectivity index (χ4v) is 3.65. The number of rotatable bonds is 7. The molecular formula is C23H32. The molecule has 1 unspecified atom stereocenters. The predicted octanol–water partition coefficient (Wildman–Crippen LogP) is 7.08. The van der Waals surface area contributed by atoms with Crippen LogP contribution in [0, 0.1) is 6.92 Å². The summed E-state index contributed by atoms with van der Waals surface area (Å²) in [5.74, 6) is 0.644. The first-order chi connectivity index (χ1) is 11.1. The topological polar surface area (TPSA) is 0 Å². The summed E-state index contributed by atoms with van der Waals surface area (Å²) in [4.78, 5) is 0. The SMILES string of the molecule is CCCc1cc(C(C)CC)c(C)c(CCC)c1-c1ccccc1. The third-order valence-electron chi connectivity index (χ3n) is 5.06. The lowest BCUT2D eigenvalue weighted by Gasteiger charge is -2.23. The molecular weight excluding hydrogens is 276 g/mol. The van der Waals surface area contributed by atoms with Gasteiger partial charge >= 0.3 is 0 Å². The standard InChI is InChI=1S/C23H32/c1-6-12-20-16-22(17(4)8-3)18(5)21(13-7-2)23(20)19-14-10-9-11-15-19/h9-11,14-17H,6-8,12-13H2,1-5H3. The van der Waals surface area contributed by atoms with Gasteiger partial charge in [0.05, 0.1) is 0 Å². The molecule has 0 bridgehead atoms. The van der Waals surface area contributed by atoms with Crippen molar-refractivity contribution in [2.45, 2.75) is 72.6 Å². The smallest absolute Gasteiger partial charge is 0.0117 e. The molecule has 2 rings (SSSR count). The Morgan fingerprint density at radius 2 is 1.57 bits per heavy atom. The Balaban J connectivity index is 2.73. The van der Waals surface area contributed by atoms with Crippen LogP contribution < -0.4 is 0 Å². The largest absolute Gasteiger partial charge is 0.0651 e. The highest BCUT2D eigenvalue weighted by Gasteiger charge is 2.18. The Hall–Kier alpha value is -1.56. The molecule has 0 saturated heterocycles. The molecule has 2 aromatic carbocycles. The first-order valence-corrected chi connectivity index (χ1v) is 9.34. The lowest BCUT2D eigenvalue weighted by Crippen LogP contribution is -2.06. The Morgan fingerprint density at radius 3 is 2.13 bits per heavy atom. The average molecular weight is 309 g/mol. The van der Waals surface area contributed by atoms with Crippen LogP contribution in [0.25, 0.3) is 11.1 Å². The third-order valence-corrected chi connectivity index (χ3v) is 5.06. The lowest BCUT2D eigenvalue weighted by molar-refractivity contribution is 0.722. The number of benzene rings is 2. The highest BCUT2D eigenvalue weighted by Crippen LogP contribution is 2.37. The highest BCUT2D eigenvalue weighted by atomic mass is 14.2. The van der Waals surface area contributed by atoms with Crippen molar-refractivity contribution >= 4 is 0 Å². The van der Waals surface area contributed by atoms with Gasteiger partial charge in [0.2, 0.25) is 0 Å². The fourth-order valence-electron chi connectivity index (χ4n) is 3.65. The molecule has 0 N–H and O–H groups in total. The second kappa shape index (κ2) is 8.34. The van der Waals surface area contributed by atoms with Crippen molar-refractivity contribution in [1.82, 2.24) is 0 Å². The summed E-state index contributed by atoms with van der Waals surface area (Å²) in [7, 11) is 0. The van der Waals surface area contributed by atoms with Gasteiger partial charge in [-0.05, 0) is 65.5 Å². The van der Waals surface area contributed by atoms with E-state index in [2.05, 4.69) is 71.0 Å². The van der Waals surface area contributed by atoms with Crippen molar-refractivity contribution in [3.05, 3.63) is 58.7 Å². The van der Waals surface area contributed by atoms with E-state index in [1.165, 1.54) is 48.8 Å². The van der Waals surface area contributed by atoms with Gasteiger partial charge < -0.3 is 0 Å². The molecule has 0 aliphatic carbocycles. The predicted molar refractivity (Wildman–Crippen MR) is 103 cm³/mol. The quantitative estimate of drug-likeness (QED) is 0.512. The summed E-state index contributed by atoms with van der Waals surface area (Å²) in [6.07, 6.45) is 5.97. The normalized spacial score (nSPS) is 12.4. The van der Waals surface area contributed by atoms with Crippen LogP contribution >= 0.6 is 0 Å². The van der Waals surface area contributed by atoms with Crippen molar-refractivity contribution in [1.29, 1.82) is 0 Å². The van der Waals surface area contributed by atoms with Gasteiger partial charge in [-0.25, -0.2) is 0 Å². The minimum atomic E-state index is 0.644. The summed E-state index contributed by atoms with van der Waals surface area (Å²) < 4.78 is 0. The molecule has 0 saturated carbocycles. The average Bonchev–Trinajstić information content (AvgIpc) is 2.58. The van der Waals surface area contributed by atoms with E-state index < -0.39 is 0 Å². The number of aryl methyl sites for hydroxylation is 1. The summed E-state index contributed by atoms with van der Waals surface area (Å²) in [5, 5.41) is 0. The second-order valence-electron chi connectivity index (χ2n) is 6.78. The van der Waals surface area contributed by atoms with Crippen LogP contribution in [0.5, 0.6) is 0 Å². The maximum absolute atomic E-state index is 2.51. The van der Waals surface area contributed by atoms with Crippen LogP contribution in [-0.4, -0.2) is 0 Å². The van der Waals surface area contributed by atoms with Gasteiger partial charge in [0.15, 0.2) is 0 Å². The Labute approximate surface area is 143 Å². The van der Waals surface area contributed by atoms with Gasteiger partial charge in [-0.2, -0.15) is 0 Å². The molecule has 0 nitrogen and oxygen atoms in total. The van der Waals surface area contributed by atoms with Crippen molar-refractivity contribution in [3.8, 4) is 11.1 Å². The molecule has 0 amide bonds. The molecule has 0 aromatic heterocycles. The third kappa shape index (κ3) is 3.86. The van der Waals surface area contributed by atoms with E-state index in [4.69, 9.17) is 0 Å². The Kier molecular flexibility index (Phi) is 6.45. The van der Waals surface area contributed by atoms with Crippen LogP contribution in [0.2, 0.25) is 0 Å². The van der Waals surface area contributed by atoms with Gasteiger partial charge in [-0.1, -0.05) is 76.9 Å². The number of hydrogen-bond acceptors (Lipinski definition) is 0. The molecule has 124 valence electrons. The fraction of sp³-hybridized carbons (Fsp3) is 0.478.